The molecule has 8 heteroatoms. The molecule has 0 unspecified atom stereocenters. The number of carbonyl (C=O) groups excluding carboxylic acids is 1. The van der Waals surface area contributed by atoms with E-state index in [1.165, 1.54) is 19.1 Å². The molecule has 1 saturated carbocycles. The summed E-state index contributed by atoms with van der Waals surface area (Å²) in [7, 11) is 0. The Morgan fingerprint density at radius 1 is 0.921 bits per heavy atom. The van der Waals surface area contributed by atoms with Crippen LogP contribution in [0.1, 0.15) is 40.3 Å². The molecule has 0 saturated heterocycles. The number of aromatic nitrogens is 1. The van der Waals surface area contributed by atoms with Gasteiger partial charge in [0, 0.05) is 19.6 Å². The van der Waals surface area contributed by atoms with Gasteiger partial charge < -0.3 is 23.9 Å². The van der Waals surface area contributed by atoms with E-state index in [-0.39, 0.29) is 18.4 Å². The van der Waals surface area contributed by atoms with Gasteiger partial charge in [-0.2, -0.15) is 0 Å². The zero-order chi connectivity index (χ0) is 25.7. The minimum absolute atomic E-state index is 0.220. The van der Waals surface area contributed by atoms with Crippen molar-refractivity contribution in [3.63, 3.8) is 0 Å². The highest BCUT2D eigenvalue weighted by Crippen LogP contribution is 2.33. The van der Waals surface area contributed by atoms with Gasteiger partial charge in [-0.3, -0.25) is 9.69 Å². The molecule has 1 fully saturated rings. The van der Waals surface area contributed by atoms with Crippen molar-refractivity contribution in [3.8, 4) is 23.0 Å². The van der Waals surface area contributed by atoms with Gasteiger partial charge in [-0.05, 0) is 66.3 Å². The molecule has 2 aliphatic rings. The van der Waals surface area contributed by atoms with E-state index in [0.717, 1.165) is 35.7 Å². The SMILES string of the molecule is O=C(NCc1ccc2c(c1)OCO2)c1coc(CN(Cc2cccc(Oc3ccccc3)c2)CC2CC2)n1. The molecule has 1 aliphatic carbocycles. The van der Waals surface area contributed by atoms with E-state index in [4.69, 9.17) is 18.6 Å². The molecule has 6 rings (SSSR count). The zero-order valence-corrected chi connectivity index (χ0v) is 21.0. The largest absolute Gasteiger partial charge is 0.457 e. The summed E-state index contributed by atoms with van der Waals surface area (Å²) in [5.41, 5.74) is 2.33. The zero-order valence-electron chi connectivity index (χ0n) is 21.0. The number of carbonyl (C=O) groups is 1. The van der Waals surface area contributed by atoms with Crippen LogP contribution < -0.4 is 19.5 Å². The number of para-hydroxylation sites is 1. The molecule has 0 atom stereocenters. The Morgan fingerprint density at radius 2 is 1.76 bits per heavy atom. The van der Waals surface area contributed by atoms with E-state index < -0.39 is 0 Å². The van der Waals surface area contributed by atoms with Gasteiger partial charge in [0.25, 0.3) is 5.91 Å². The van der Waals surface area contributed by atoms with Crippen molar-refractivity contribution < 1.29 is 23.4 Å². The van der Waals surface area contributed by atoms with E-state index >= 15 is 0 Å². The molecule has 0 bridgehead atoms. The quantitative estimate of drug-likeness (QED) is 0.283. The molecule has 194 valence electrons. The minimum atomic E-state index is -0.280. The molecular formula is C30H29N3O5. The lowest BCUT2D eigenvalue weighted by molar-refractivity contribution is 0.0945. The third kappa shape index (κ3) is 6.15. The maximum absolute atomic E-state index is 12.7. The first kappa shape index (κ1) is 24.1. The summed E-state index contributed by atoms with van der Waals surface area (Å²) in [5.74, 6) is 3.95. The highest BCUT2D eigenvalue weighted by Gasteiger charge is 2.26. The summed E-state index contributed by atoms with van der Waals surface area (Å²) in [6.07, 6.45) is 3.91. The van der Waals surface area contributed by atoms with E-state index in [2.05, 4.69) is 27.3 Å². The Labute approximate surface area is 221 Å². The summed E-state index contributed by atoms with van der Waals surface area (Å²) >= 11 is 0. The van der Waals surface area contributed by atoms with Crippen LogP contribution >= 0.6 is 0 Å². The molecule has 1 N–H and O–H groups in total. The summed E-state index contributed by atoms with van der Waals surface area (Å²) < 4.78 is 22.4. The number of benzene rings is 3. The molecule has 0 spiro atoms. The maximum atomic E-state index is 12.7. The average Bonchev–Trinajstić information content (AvgIpc) is 3.41. The molecule has 0 radical (unpaired) electrons. The van der Waals surface area contributed by atoms with Gasteiger partial charge in [-0.15, -0.1) is 0 Å². The number of ether oxygens (including phenoxy) is 3. The van der Waals surface area contributed by atoms with E-state index in [1.54, 1.807) is 0 Å². The van der Waals surface area contributed by atoms with E-state index in [0.29, 0.717) is 36.4 Å². The number of nitrogens with zero attached hydrogens (tertiary/aromatic N) is 2. The predicted molar refractivity (Wildman–Crippen MR) is 140 cm³/mol. The standard InChI is InChI=1S/C30H29N3O5/c34-30(31-15-22-11-12-27-28(14-22)37-20-36-27)26-19-35-29(32-26)18-33(16-21-9-10-21)17-23-5-4-8-25(13-23)38-24-6-2-1-3-7-24/h1-8,11-14,19,21H,9-10,15-18,20H2,(H,31,34). The molecule has 1 amide bonds. The lowest BCUT2D eigenvalue weighted by Gasteiger charge is -2.21. The normalized spacial score (nSPS) is 14.0. The van der Waals surface area contributed by atoms with Crippen LogP contribution in [0, 0.1) is 5.92 Å². The van der Waals surface area contributed by atoms with Gasteiger partial charge in [0.05, 0.1) is 6.54 Å². The second-order valence-corrected chi connectivity index (χ2v) is 9.67. The molecular weight excluding hydrogens is 482 g/mol. The van der Waals surface area contributed by atoms with E-state index in [1.807, 2.05) is 60.7 Å². The Balaban J connectivity index is 1.07. The van der Waals surface area contributed by atoms with Crippen LogP contribution in [0.5, 0.6) is 23.0 Å². The Morgan fingerprint density at radius 3 is 2.63 bits per heavy atom. The van der Waals surface area contributed by atoms with Gasteiger partial charge in [0.1, 0.15) is 17.8 Å². The highest BCUT2D eigenvalue weighted by atomic mass is 16.7. The maximum Gasteiger partial charge on any atom is 0.273 e. The fourth-order valence-electron chi connectivity index (χ4n) is 4.44. The van der Waals surface area contributed by atoms with Crippen molar-refractivity contribution in [2.45, 2.75) is 32.5 Å². The number of fused-ring (bicyclic) bond motifs is 1. The average molecular weight is 512 g/mol. The third-order valence-corrected chi connectivity index (χ3v) is 6.53. The summed E-state index contributed by atoms with van der Waals surface area (Å²) in [6.45, 7) is 2.79. The number of oxazole rings is 1. The molecule has 38 heavy (non-hydrogen) atoms. The summed E-state index contributed by atoms with van der Waals surface area (Å²) in [6, 6.07) is 23.5. The number of hydrogen-bond donors (Lipinski definition) is 1. The first-order valence-electron chi connectivity index (χ1n) is 12.8. The van der Waals surface area contributed by atoms with Crippen molar-refractivity contribution in [3.05, 3.63) is 102 Å². The van der Waals surface area contributed by atoms with Crippen molar-refractivity contribution in [1.29, 1.82) is 0 Å². The molecule has 3 aromatic carbocycles. The van der Waals surface area contributed by atoms with Crippen LogP contribution in [-0.4, -0.2) is 29.1 Å². The van der Waals surface area contributed by atoms with E-state index in [9.17, 15) is 4.79 Å². The molecule has 8 nitrogen and oxygen atoms in total. The van der Waals surface area contributed by atoms with Crippen LogP contribution in [0.2, 0.25) is 0 Å². The van der Waals surface area contributed by atoms with Crippen molar-refractivity contribution in [1.82, 2.24) is 15.2 Å². The van der Waals surface area contributed by atoms with Crippen molar-refractivity contribution in [2.24, 2.45) is 5.92 Å². The van der Waals surface area contributed by atoms with Gasteiger partial charge in [-0.1, -0.05) is 36.4 Å². The minimum Gasteiger partial charge on any atom is -0.457 e. The first-order chi connectivity index (χ1) is 18.7. The van der Waals surface area contributed by atoms with Crippen LogP contribution in [0.15, 0.2) is 83.5 Å². The third-order valence-electron chi connectivity index (χ3n) is 6.53. The van der Waals surface area contributed by atoms with Crippen LogP contribution in [0.4, 0.5) is 0 Å². The van der Waals surface area contributed by atoms with Crippen molar-refractivity contribution in [2.75, 3.05) is 13.3 Å². The number of nitrogens with one attached hydrogen (secondary N) is 1. The number of hydrogen-bond acceptors (Lipinski definition) is 7. The second-order valence-electron chi connectivity index (χ2n) is 9.67. The summed E-state index contributed by atoms with van der Waals surface area (Å²) in [4.78, 5) is 19.5. The second kappa shape index (κ2) is 11.0. The Kier molecular flexibility index (Phi) is 6.95. The Bertz CT molecular complexity index is 1400. The van der Waals surface area contributed by atoms with Gasteiger partial charge >= 0.3 is 0 Å². The molecule has 2 heterocycles. The number of rotatable bonds is 11. The number of amides is 1. The Hall–Kier alpha value is -4.30. The molecule has 1 aliphatic heterocycles. The molecule has 4 aromatic rings. The first-order valence-corrected chi connectivity index (χ1v) is 12.8. The lowest BCUT2D eigenvalue weighted by atomic mass is 10.2. The van der Waals surface area contributed by atoms with Gasteiger partial charge in [-0.25, -0.2) is 4.98 Å². The van der Waals surface area contributed by atoms with Crippen molar-refractivity contribution >= 4 is 5.91 Å². The fourth-order valence-corrected chi connectivity index (χ4v) is 4.44. The topological polar surface area (TPSA) is 86.1 Å². The smallest absolute Gasteiger partial charge is 0.273 e. The predicted octanol–water partition coefficient (Wildman–Crippen LogP) is 5.54. The molecule has 1 aromatic heterocycles. The fraction of sp³-hybridized carbons (Fsp3) is 0.267. The van der Waals surface area contributed by atoms with Gasteiger partial charge in [0.2, 0.25) is 12.7 Å². The summed E-state index contributed by atoms with van der Waals surface area (Å²) in [5, 5.41) is 2.90. The highest BCUT2D eigenvalue weighted by molar-refractivity contribution is 5.91. The van der Waals surface area contributed by atoms with Crippen LogP contribution in [0.3, 0.4) is 0 Å². The van der Waals surface area contributed by atoms with Crippen LogP contribution in [-0.2, 0) is 19.6 Å². The van der Waals surface area contributed by atoms with Gasteiger partial charge in [0.15, 0.2) is 17.2 Å². The van der Waals surface area contributed by atoms with Crippen LogP contribution in [0.25, 0.3) is 0 Å². The lowest BCUT2D eigenvalue weighted by Crippen LogP contribution is -2.26. The monoisotopic (exact) mass is 511 g/mol.